The first kappa shape index (κ1) is 34.7. The number of likely N-dealkylation sites (N-methyl/N-ethyl adjacent to an activating group) is 2. The molecule has 0 saturated carbocycles. The summed E-state index contributed by atoms with van der Waals surface area (Å²) in [6, 6.07) is 4.74. The molecule has 0 saturated heterocycles. The first-order valence-corrected chi connectivity index (χ1v) is 13.8. The van der Waals surface area contributed by atoms with Gasteiger partial charge in [0.2, 0.25) is 17.7 Å². The summed E-state index contributed by atoms with van der Waals surface area (Å²) in [7, 11) is 4.63. The van der Waals surface area contributed by atoms with Crippen LogP contribution in [-0.4, -0.2) is 79.0 Å². The monoisotopic (exact) mass is 563 g/mol. The second-order valence-electron chi connectivity index (χ2n) is 11.1. The molecule has 0 spiro atoms. The zero-order valence-corrected chi connectivity index (χ0v) is 25.5. The molecule has 0 aliphatic heterocycles. The summed E-state index contributed by atoms with van der Waals surface area (Å²) < 4.78 is 11.0. The van der Waals surface area contributed by atoms with Crippen molar-refractivity contribution in [1.82, 2.24) is 15.1 Å². The molecule has 0 fully saturated rings. The summed E-state index contributed by atoms with van der Waals surface area (Å²) in [5.41, 5.74) is 12.5. The Hall–Kier alpha value is -3.34. The van der Waals surface area contributed by atoms with Crippen molar-refractivity contribution in [2.24, 2.45) is 23.5 Å². The first-order valence-electron chi connectivity index (χ1n) is 13.8. The van der Waals surface area contributed by atoms with Gasteiger partial charge in [0.25, 0.3) is 0 Å². The molecular weight excluding hydrogens is 514 g/mol. The lowest BCUT2D eigenvalue weighted by molar-refractivity contribution is -0.144. The van der Waals surface area contributed by atoms with Gasteiger partial charge in [-0.25, -0.2) is 4.79 Å². The maximum absolute atomic E-state index is 13.8. The Morgan fingerprint density at radius 1 is 0.950 bits per heavy atom. The van der Waals surface area contributed by atoms with E-state index in [-0.39, 0.29) is 36.7 Å². The fourth-order valence-electron chi connectivity index (χ4n) is 4.80. The zero-order chi connectivity index (χ0) is 30.7. The Morgan fingerprint density at radius 2 is 1.52 bits per heavy atom. The van der Waals surface area contributed by atoms with Crippen molar-refractivity contribution in [2.45, 2.75) is 85.2 Å². The number of nitrogen functional groups attached to an aromatic ring is 1. The molecule has 4 amide bonds. The van der Waals surface area contributed by atoms with E-state index in [1.165, 1.54) is 19.1 Å². The SMILES string of the molecule is CC[C@H](C)[C@@H]([C@@H](CC(N)=O)OC)N(C)C(=O)[C@@H](NC(=O)[C@H](C(C)C)N(C)C(=O)OCc1ccc(N)cc1)C(C)C. The van der Waals surface area contributed by atoms with Crippen molar-refractivity contribution in [3.8, 4) is 0 Å². The van der Waals surface area contributed by atoms with Gasteiger partial charge in [-0.3, -0.25) is 19.3 Å². The van der Waals surface area contributed by atoms with Crippen LogP contribution in [0.1, 0.15) is 59.9 Å². The van der Waals surface area contributed by atoms with Crippen LogP contribution in [0.15, 0.2) is 24.3 Å². The van der Waals surface area contributed by atoms with Gasteiger partial charge in [-0.15, -0.1) is 0 Å². The lowest BCUT2D eigenvalue weighted by Crippen LogP contribution is -2.60. The van der Waals surface area contributed by atoms with E-state index in [0.29, 0.717) is 5.69 Å². The molecule has 0 radical (unpaired) electrons. The lowest BCUT2D eigenvalue weighted by Gasteiger charge is -2.40. The number of amides is 4. The number of primary amides is 1. The van der Waals surface area contributed by atoms with E-state index in [2.05, 4.69) is 5.32 Å². The van der Waals surface area contributed by atoms with Gasteiger partial charge in [0.1, 0.15) is 18.7 Å². The summed E-state index contributed by atoms with van der Waals surface area (Å²) in [5.74, 6) is -1.85. The van der Waals surface area contributed by atoms with Gasteiger partial charge in [-0.05, 0) is 35.4 Å². The van der Waals surface area contributed by atoms with Gasteiger partial charge < -0.3 is 31.2 Å². The third kappa shape index (κ3) is 9.69. The Kier molecular flexibility index (Phi) is 13.9. The van der Waals surface area contributed by atoms with Crippen LogP contribution < -0.4 is 16.8 Å². The zero-order valence-electron chi connectivity index (χ0n) is 25.5. The van der Waals surface area contributed by atoms with E-state index in [4.69, 9.17) is 20.9 Å². The number of benzene rings is 1. The maximum Gasteiger partial charge on any atom is 0.410 e. The molecular formula is C29H49N5O6. The molecule has 1 rings (SSSR count). The number of carbonyl (C=O) groups excluding carboxylic acids is 4. The normalized spacial score (nSPS) is 15.1. The number of nitrogens with one attached hydrogen (secondary N) is 1. The fourth-order valence-corrected chi connectivity index (χ4v) is 4.80. The van der Waals surface area contributed by atoms with Crippen molar-refractivity contribution >= 4 is 29.5 Å². The standard InChI is InChI=1S/C29H49N5O6/c1-10-19(6)26(22(39-9)15-23(31)35)33(7)28(37)24(17(2)3)32-27(36)25(18(4)5)34(8)29(38)40-16-20-11-13-21(30)14-12-20/h11-14,17-19,22,24-26H,10,15-16,30H2,1-9H3,(H2,31,35)(H,32,36)/t19-,22+,24-,25-,26-/m0/s1. The molecule has 0 bridgehead atoms. The number of hydrogen-bond acceptors (Lipinski definition) is 7. The highest BCUT2D eigenvalue weighted by Crippen LogP contribution is 2.23. The molecule has 40 heavy (non-hydrogen) atoms. The molecule has 0 aromatic heterocycles. The van der Waals surface area contributed by atoms with Crippen molar-refractivity contribution in [2.75, 3.05) is 26.9 Å². The van der Waals surface area contributed by atoms with Crippen LogP contribution in [0, 0.1) is 17.8 Å². The van der Waals surface area contributed by atoms with E-state index in [0.717, 1.165) is 12.0 Å². The number of ether oxygens (including phenoxy) is 2. The number of hydrogen-bond donors (Lipinski definition) is 3. The molecule has 0 heterocycles. The molecule has 11 heteroatoms. The predicted molar refractivity (Wildman–Crippen MR) is 155 cm³/mol. The van der Waals surface area contributed by atoms with Gasteiger partial charge in [0.15, 0.2) is 0 Å². The summed E-state index contributed by atoms with van der Waals surface area (Å²) in [6.45, 7) is 11.3. The Labute approximate surface area is 238 Å². The van der Waals surface area contributed by atoms with Crippen LogP contribution in [0.4, 0.5) is 10.5 Å². The summed E-state index contributed by atoms with van der Waals surface area (Å²) >= 11 is 0. The molecule has 11 nitrogen and oxygen atoms in total. The Bertz CT molecular complexity index is 984. The average Bonchev–Trinajstić information content (AvgIpc) is 2.89. The van der Waals surface area contributed by atoms with Crippen LogP contribution in [0.2, 0.25) is 0 Å². The number of methoxy groups -OCH3 is 1. The molecule has 5 atom stereocenters. The largest absolute Gasteiger partial charge is 0.445 e. The number of nitrogens with zero attached hydrogens (tertiary/aromatic N) is 2. The molecule has 1 aromatic rings. The van der Waals surface area contributed by atoms with Crippen molar-refractivity contribution in [1.29, 1.82) is 0 Å². The number of carbonyl (C=O) groups is 4. The maximum atomic E-state index is 13.8. The minimum atomic E-state index is -0.884. The molecule has 0 aliphatic carbocycles. The van der Waals surface area contributed by atoms with E-state index < -0.39 is 42.1 Å². The van der Waals surface area contributed by atoms with Gasteiger partial charge in [0.05, 0.1) is 18.6 Å². The first-order chi connectivity index (χ1) is 18.7. The molecule has 226 valence electrons. The number of nitrogens with two attached hydrogens (primary N) is 2. The topological polar surface area (TPSA) is 157 Å². The van der Waals surface area contributed by atoms with Crippen LogP contribution >= 0.6 is 0 Å². The van der Waals surface area contributed by atoms with Crippen molar-refractivity contribution in [3.63, 3.8) is 0 Å². The van der Waals surface area contributed by atoms with Gasteiger partial charge >= 0.3 is 6.09 Å². The van der Waals surface area contributed by atoms with E-state index in [1.807, 2.05) is 41.5 Å². The van der Waals surface area contributed by atoms with Crippen molar-refractivity contribution in [3.05, 3.63) is 29.8 Å². The highest BCUT2D eigenvalue weighted by atomic mass is 16.6. The number of anilines is 1. The van der Waals surface area contributed by atoms with Gasteiger partial charge in [0, 0.05) is 26.9 Å². The fraction of sp³-hybridized carbons (Fsp3) is 0.655. The predicted octanol–water partition coefficient (Wildman–Crippen LogP) is 2.77. The van der Waals surface area contributed by atoms with Crippen LogP contribution in [0.5, 0.6) is 0 Å². The third-order valence-corrected chi connectivity index (χ3v) is 7.29. The quantitative estimate of drug-likeness (QED) is 0.277. The summed E-state index contributed by atoms with van der Waals surface area (Å²) in [6.07, 6.45) is -0.574. The van der Waals surface area contributed by atoms with Gasteiger partial charge in [-0.1, -0.05) is 60.1 Å². The van der Waals surface area contributed by atoms with Gasteiger partial charge in [-0.2, -0.15) is 0 Å². The number of rotatable bonds is 15. The Morgan fingerprint density at radius 3 is 1.98 bits per heavy atom. The van der Waals surface area contributed by atoms with Crippen LogP contribution in [0.25, 0.3) is 0 Å². The molecule has 0 unspecified atom stereocenters. The van der Waals surface area contributed by atoms with E-state index in [9.17, 15) is 19.2 Å². The molecule has 0 aliphatic rings. The van der Waals surface area contributed by atoms with Crippen LogP contribution in [-0.2, 0) is 30.5 Å². The third-order valence-electron chi connectivity index (χ3n) is 7.29. The minimum Gasteiger partial charge on any atom is -0.445 e. The minimum absolute atomic E-state index is 0.00728. The van der Waals surface area contributed by atoms with E-state index >= 15 is 0 Å². The smallest absolute Gasteiger partial charge is 0.410 e. The molecule has 5 N–H and O–H groups in total. The highest BCUT2D eigenvalue weighted by Gasteiger charge is 2.39. The Balaban J connectivity index is 3.12. The van der Waals surface area contributed by atoms with Crippen molar-refractivity contribution < 1.29 is 28.7 Å². The summed E-state index contributed by atoms with van der Waals surface area (Å²) in [4.78, 5) is 54.7. The average molecular weight is 564 g/mol. The van der Waals surface area contributed by atoms with Crippen LogP contribution in [0.3, 0.4) is 0 Å². The second kappa shape index (κ2) is 16.1. The summed E-state index contributed by atoms with van der Waals surface area (Å²) in [5, 5.41) is 2.88. The second-order valence-corrected chi connectivity index (χ2v) is 11.1. The lowest BCUT2D eigenvalue weighted by atomic mass is 9.89. The molecule has 1 aromatic carbocycles. The van der Waals surface area contributed by atoms with E-state index in [1.54, 1.807) is 36.2 Å². The highest BCUT2D eigenvalue weighted by molar-refractivity contribution is 5.91.